The van der Waals surface area contributed by atoms with E-state index in [1.165, 1.54) is 5.56 Å². The lowest BCUT2D eigenvalue weighted by molar-refractivity contribution is 0.150. The molecule has 2 rings (SSSR count). The molecule has 1 saturated heterocycles. The van der Waals surface area contributed by atoms with E-state index < -0.39 is 0 Å². The molecule has 18 heavy (non-hydrogen) atoms. The normalized spacial score (nSPS) is 19.9. The molecule has 1 fully saturated rings. The van der Waals surface area contributed by atoms with Gasteiger partial charge in [0.1, 0.15) is 0 Å². The molecule has 0 bridgehead atoms. The van der Waals surface area contributed by atoms with Crippen LogP contribution in [-0.4, -0.2) is 49.6 Å². The van der Waals surface area contributed by atoms with Gasteiger partial charge in [-0.2, -0.15) is 0 Å². The first-order valence-electron chi connectivity index (χ1n) is 6.57. The zero-order valence-electron chi connectivity index (χ0n) is 11.0. The second-order valence-corrected chi connectivity index (χ2v) is 5.53. The molecule has 1 unspecified atom stereocenters. The van der Waals surface area contributed by atoms with Crippen LogP contribution in [-0.2, 0) is 0 Å². The van der Waals surface area contributed by atoms with E-state index in [0.717, 1.165) is 44.2 Å². The van der Waals surface area contributed by atoms with E-state index >= 15 is 0 Å². The van der Waals surface area contributed by atoms with E-state index in [0.29, 0.717) is 0 Å². The molecular weight excluding hydrogens is 246 g/mol. The first-order valence-corrected chi connectivity index (χ1v) is 6.95. The second kappa shape index (κ2) is 6.53. The Labute approximate surface area is 115 Å². The number of nitrogens with two attached hydrogens (primary N) is 1. The number of rotatable bonds is 4. The minimum absolute atomic E-state index is 0.113. The summed E-state index contributed by atoms with van der Waals surface area (Å²) in [6.07, 6.45) is 1.01. The van der Waals surface area contributed by atoms with E-state index in [-0.39, 0.29) is 6.04 Å². The molecule has 0 aliphatic carbocycles. The second-order valence-electron chi connectivity index (χ2n) is 5.09. The predicted molar refractivity (Wildman–Crippen MR) is 76.9 cm³/mol. The molecule has 0 spiro atoms. The molecule has 2 N–H and O–H groups in total. The summed E-state index contributed by atoms with van der Waals surface area (Å²) < 4.78 is 0. The lowest BCUT2D eigenvalue weighted by Crippen LogP contribution is -2.45. The molecule has 0 radical (unpaired) electrons. The van der Waals surface area contributed by atoms with Crippen molar-refractivity contribution in [3.05, 3.63) is 34.9 Å². The van der Waals surface area contributed by atoms with Gasteiger partial charge in [0.15, 0.2) is 0 Å². The van der Waals surface area contributed by atoms with Gasteiger partial charge in [-0.3, -0.25) is 0 Å². The first kappa shape index (κ1) is 13.8. The standard InChI is InChI=1S/C14H22ClN3/c1-17-8-10-18(11-9-17)7-6-14(16)12-2-4-13(15)5-3-12/h2-5,14H,6-11,16H2,1H3. The van der Waals surface area contributed by atoms with Gasteiger partial charge in [0, 0.05) is 43.8 Å². The highest BCUT2D eigenvalue weighted by molar-refractivity contribution is 6.30. The summed E-state index contributed by atoms with van der Waals surface area (Å²) in [6.45, 7) is 5.72. The number of likely N-dealkylation sites (N-methyl/N-ethyl adjacent to an activating group) is 1. The van der Waals surface area contributed by atoms with Gasteiger partial charge in [0.2, 0.25) is 0 Å². The Morgan fingerprint density at radius 2 is 1.78 bits per heavy atom. The number of benzene rings is 1. The summed E-state index contributed by atoms with van der Waals surface area (Å²) in [6, 6.07) is 7.98. The third-order valence-corrected chi connectivity index (χ3v) is 3.90. The number of nitrogens with zero attached hydrogens (tertiary/aromatic N) is 2. The lowest BCUT2D eigenvalue weighted by atomic mass is 10.0. The fraction of sp³-hybridized carbons (Fsp3) is 0.571. The van der Waals surface area contributed by atoms with E-state index in [4.69, 9.17) is 17.3 Å². The van der Waals surface area contributed by atoms with E-state index in [1.54, 1.807) is 0 Å². The van der Waals surface area contributed by atoms with Crippen molar-refractivity contribution in [2.24, 2.45) is 5.73 Å². The average Bonchev–Trinajstić information content (AvgIpc) is 2.38. The van der Waals surface area contributed by atoms with E-state index in [9.17, 15) is 0 Å². The van der Waals surface area contributed by atoms with Crippen LogP contribution >= 0.6 is 11.6 Å². The highest BCUT2D eigenvalue weighted by atomic mass is 35.5. The van der Waals surface area contributed by atoms with Gasteiger partial charge in [-0.15, -0.1) is 0 Å². The monoisotopic (exact) mass is 267 g/mol. The van der Waals surface area contributed by atoms with Crippen molar-refractivity contribution < 1.29 is 0 Å². The van der Waals surface area contributed by atoms with Crippen LogP contribution in [0.4, 0.5) is 0 Å². The molecule has 0 amide bonds. The minimum atomic E-state index is 0.113. The molecule has 3 nitrogen and oxygen atoms in total. The number of hydrogen-bond acceptors (Lipinski definition) is 3. The Kier molecular flexibility index (Phi) is 5.01. The molecule has 1 aliphatic heterocycles. The Balaban J connectivity index is 1.77. The summed E-state index contributed by atoms with van der Waals surface area (Å²) in [5.74, 6) is 0. The SMILES string of the molecule is CN1CCN(CCC(N)c2ccc(Cl)cc2)CC1. The van der Waals surface area contributed by atoms with Crippen molar-refractivity contribution in [1.29, 1.82) is 0 Å². The summed E-state index contributed by atoms with van der Waals surface area (Å²) in [7, 11) is 2.18. The van der Waals surface area contributed by atoms with Crippen LogP contribution in [0, 0.1) is 0 Å². The van der Waals surface area contributed by atoms with Gasteiger partial charge in [0.05, 0.1) is 0 Å². The first-order chi connectivity index (χ1) is 8.65. The highest BCUT2D eigenvalue weighted by Gasteiger charge is 2.15. The average molecular weight is 268 g/mol. The van der Waals surface area contributed by atoms with Gasteiger partial charge in [-0.05, 0) is 31.2 Å². The molecule has 100 valence electrons. The van der Waals surface area contributed by atoms with Crippen LogP contribution in [0.25, 0.3) is 0 Å². The van der Waals surface area contributed by atoms with E-state index in [2.05, 4.69) is 16.8 Å². The van der Waals surface area contributed by atoms with Crippen molar-refractivity contribution >= 4 is 11.6 Å². The van der Waals surface area contributed by atoms with Gasteiger partial charge < -0.3 is 15.5 Å². The lowest BCUT2D eigenvalue weighted by Gasteiger charge is -2.32. The zero-order chi connectivity index (χ0) is 13.0. The number of hydrogen-bond donors (Lipinski definition) is 1. The van der Waals surface area contributed by atoms with Crippen LogP contribution < -0.4 is 5.73 Å². The molecular formula is C14H22ClN3. The van der Waals surface area contributed by atoms with Crippen LogP contribution in [0.5, 0.6) is 0 Å². The third-order valence-electron chi connectivity index (χ3n) is 3.65. The summed E-state index contributed by atoms with van der Waals surface area (Å²) in [5.41, 5.74) is 7.38. The summed E-state index contributed by atoms with van der Waals surface area (Å²) in [5, 5.41) is 0.769. The minimum Gasteiger partial charge on any atom is -0.324 e. The van der Waals surface area contributed by atoms with Crippen molar-refractivity contribution in [2.45, 2.75) is 12.5 Å². The number of halogens is 1. The maximum atomic E-state index is 6.21. The van der Waals surface area contributed by atoms with Gasteiger partial charge in [-0.1, -0.05) is 23.7 Å². The Morgan fingerprint density at radius 1 is 1.17 bits per heavy atom. The summed E-state index contributed by atoms with van der Waals surface area (Å²) in [4.78, 5) is 4.87. The van der Waals surface area contributed by atoms with Crippen LogP contribution in [0.1, 0.15) is 18.0 Å². The molecule has 1 atom stereocenters. The highest BCUT2D eigenvalue weighted by Crippen LogP contribution is 2.17. The van der Waals surface area contributed by atoms with Crippen LogP contribution in [0.2, 0.25) is 5.02 Å². The zero-order valence-corrected chi connectivity index (χ0v) is 11.7. The molecule has 0 saturated carbocycles. The molecule has 1 aromatic rings. The molecule has 1 heterocycles. The Bertz CT molecular complexity index is 358. The number of piperazine rings is 1. The fourth-order valence-electron chi connectivity index (χ4n) is 2.27. The van der Waals surface area contributed by atoms with Gasteiger partial charge in [-0.25, -0.2) is 0 Å². The Morgan fingerprint density at radius 3 is 2.39 bits per heavy atom. The largest absolute Gasteiger partial charge is 0.324 e. The topological polar surface area (TPSA) is 32.5 Å². The molecule has 4 heteroatoms. The van der Waals surface area contributed by atoms with Crippen molar-refractivity contribution in [1.82, 2.24) is 9.80 Å². The fourth-order valence-corrected chi connectivity index (χ4v) is 2.40. The third kappa shape index (κ3) is 3.95. The maximum Gasteiger partial charge on any atom is 0.0406 e. The molecule has 1 aliphatic rings. The predicted octanol–water partition coefficient (Wildman–Crippen LogP) is 1.98. The van der Waals surface area contributed by atoms with Crippen LogP contribution in [0.3, 0.4) is 0 Å². The molecule has 0 aromatic heterocycles. The van der Waals surface area contributed by atoms with Crippen LogP contribution in [0.15, 0.2) is 24.3 Å². The van der Waals surface area contributed by atoms with Crippen molar-refractivity contribution in [3.8, 4) is 0 Å². The quantitative estimate of drug-likeness (QED) is 0.906. The summed E-state index contributed by atoms with van der Waals surface area (Å²) >= 11 is 5.88. The van der Waals surface area contributed by atoms with Gasteiger partial charge >= 0.3 is 0 Å². The Hall–Kier alpha value is -0.610. The van der Waals surface area contributed by atoms with Crippen molar-refractivity contribution in [3.63, 3.8) is 0 Å². The van der Waals surface area contributed by atoms with Crippen molar-refractivity contribution in [2.75, 3.05) is 39.8 Å². The molecule has 1 aromatic carbocycles. The van der Waals surface area contributed by atoms with E-state index in [1.807, 2.05) is 24.3 Å². The van der Waals surface area contributed by atoms with Gasteiger partial charge in [0.25, 0.3) is 0 Å². The maximum absolute atomic E-state index is 6.21. The smallest absolute Gasteiger partial charge is 0.0406 e.